The molecule has 6 heteroatoms. The second-order valence-electron chi connectivity index (χ2n) is 5.35. The number of aromatic nitrogens is 1. The highest BCUT2D eigenvalue weighted by atomic mass is 16.2. The largest absolute Gasteiger partial charge is 0.355 e. The van der Waals surface area contributed by atoms with Crippen molar-refractivity contribution in [3.05, 3.63) is 22.5 Å². The molecule has 0 saturated carbocycles. The van der Waals surface area contributed by atoms with Crippen LogP contribution in [0.1, 0.15) is 58.8 Å². The van der Waals surface area contributed by atoms with Crippen LogP contribution in [0.25, 0.3) is 0 Å². The summed E-state index contributed by atoms with van der Waals surface area (Å²) in [5.74, 6) is -0.495. The quantitative estimate of drug-likeness (QED) is 0.775. The first-order valence-corrected chi connectivity index (χ1v) is 7.28. The van der Waals surface area contributed by atoms with Crippen LogP contribution in [0.3, 0.4) is 0 Å². The molecule has 21 heavy (non-hydrogen) atoms. The summed E-state index contributed by atoms with van der Waals surface area (Å²) in [5, 5.41) is 5.31. The molecule has 0 bridgehead atoms. The summed E-state index contributed by atoms with van der Waals surface area (Å²) in [5.41, 5.74) is 2.54. The molecule has 1 heterocycles. The lowest BCUT2D eigenvalue weighted by Gasteiger charge is -2.13. The van der Waals surface area contributed by atoms with Gasteiger partial charge in [-0.25, -0.2) is 0 Å². The number of hydrogen-bond donors (Lipinski definition) is 3. The third kappa shape index (κ3) is 2.99. The molecule has 0 saturated heterocycles. The Bertz CT molecular complexity index is 589. The maximum Gasteiger partial charge on any atom is 0.268 e. The number of amides is 2. The van der Waals surface area contributed by atoms with Gasteiger partial charge in [0.1, 0.15) is 11.7 Å². The topological polar surface area (TPSA) is 91.1 Å². The lowest BCUT2D eigenvalue weighted by molar-refractivity contribution is -0.122. The lowest BCUT2D eigenvalue weighted by Crippen LogP contribution is -2.45. The third-order valence-corrected chi connectivity index (χ3v) is 3.76. The minimum Gasteiger partial charge on any atom is -0.355 e. The summed E-state index contributed by atoms with van der Waals surface area (Å²) >= 11 is 0. The van der Waals surface area contributed by atoms with Crippen molar-refractivity contribution in [2.45, 2.75) is 46.1 Å². The molecule has 1 aliphatic rings. The Balaban J connectivity index is 2.17. The van der Waals surface area contributed by atoms with E-state index in [0.29, 0.717) is 29.8 Å². The number of ketones is 1. The number of aromatic amines is 1. The number of aryl methyl sites for hydroxylation is 1. The summed E-state index contributed by atoms with van der Waals surface area (Å²) in [4.78, 5) is 38.9. The number of carbonyl (C=O) groups is 3. The molecular formula is C15H21N3O3. The first-order valence-electron chi connectivity index (χ1n) is 7.28. The van der Waals surface area contributed by atoms with Crippen molar-refractivity contribution in [2.24, 2.45) is 0 Å². The van der Waals surface area contributed by atoms with Crippen molar-refractivity contribution in [3.8, 4) is 0 Å². The number of H-pyrrole nitrogens is 1. The fourth-order valence-corrected chi connectivity index (χ4v) is 2.66. The van der Waals surface area contributed by atoms with E-state index < -0.39 is 6.04 Å². The highest BCUT2D eigenvalue weighted by Gasteiger charge is 2.27. The van der Waals surface area contributed by atoms with Crippen molar-refractivity contribution in [2.75, 3.05) is 6.54 Å². The van der Waals surface area contributed by atoms with E-state index in [0.717, 1.165) is 18.5 Å². The van der Waals surface area contributed by atoms with E-state index in [9.17, 15) is 14.4 Å². The predicted molar refractivity (Wildman–Crippen MR) is 78.4 cm³/mol. The molecule has 6 nitrogen and oxygen atoms in total. The number of nitrogens with one attached hydrogen (secondary N) is 3. The monoisotopic (exact) mass is 291 g/mol. The van der Waals surface area contributed by atoms with Gasteiger partial charge in [0.25, 0.3) is 5.91 Å². The Hall–Kier alpha value is -2.11. The van der Waals surface area contributed by atoms with Crippen LogP contribution in [0.4, 0.5) is 0 Å². The Labute approximate surface area is 123 Å². The molecular weight excluding hydrogens is 270 g/mol. The number of Topliss-reactive ketones (excluding diaryl/α,β-unsaturated/α-hetero) is 1. The van der Waals surface area contributed by atoms with Gasteiger partial charge in [0.15, 0.2) is 5.78 Å². The average molecular weight is 291 g/mol. The zero-order valence-corrected chi connectivity index (χ0v) is 12.6. The Kier molecular flexibility index (Phi) is 4.45. The van der Waals surface area contributed by atoms with Crippen LogP contribution in [-0.4, -0.2) is 35.2 Å². The van der Waals surface area contributed by atoms with Gasteiger partial charge < -0.3 is 15.6 Å². The van der Waals surface area contributed by atoms with Crippen molar-refractivity contribution in [1.82, 2.24) is 15.6 Å². The van der Waals surface area contributed by atoms with Gasteiger partial charge in [-0.15, -0.1) is 0 Å². The molecule has 1 unspecified atom stereocenters. The van der Waals surface area contributed by atoms with E-state index in [4.69, 9.17) is 0 Å². The van der Waals surface area contributed by atoms with Crippen molar-refractivity contribution in [1.29, 1.82) is 0 Å². The second kappa shape index (κ2) is 6.11. The van der Waals surface area contributed by atoms with Crippen molar-refractivity contribution >= 4 is 17.6 Å². The molecule has 0 aromatic carbocycles. The molecule has 114 valence electrons. The number of likely N-dealkylation sites (N-methyl/N-ethyl adjacent to an activating group) is 1. The molecule has 0 fully saturated rings. The zero-order chi connectivity index (χ0) is 15.6. The maximum absolute atomic E-state index is 12.3. The normalized spacial score (nSPS) is 15.3. The first kappa shape index (κ1) is 15.3. The Morgan fingerprint density at radius 3 is 2.67 bits per heavy atom. The van der Waals surface area contributed by atoms with Gasteiger partial charge in [0.2, 0.25) is 5.91 Å². The molecule has 2 amide bonds. The van der Waals surface area contributed by atoms with Crippen LogP contribution in [-0.2, 0) is 11.2 Å². The summed E-state index contributed by atoms with van der Waals surface area (Å²) in [6, 6.07) is -0.618. The molecule has 1 atom stereocenters. The first-order chi connectivity index (χ1) is 9.95. The van der Waals surface area contributed by atoms with Crippen molar-refractivity contribution in [3.63, 3.8) is 0 Å². The minimum atomic E-state index is -0.618. The average Bonchev–Trinajstić information content (AvgIpc) is 2.77. The van der Waals surface area contributed by atoms with E-state index in [-0.39, 0.29) is 17.6 Å². The SMILES string of the molecule is CCNC(=O)C(C)NC(=O)c1[nH]c2c(c1C)C(=O)CCC2. The Morgan fingerprint density at radius 1 is 1.33 bits per heavy atom. The molecule has 0 spiro atoms. The third-order valence-electron chi connectivity index (χ3n) is 3.76. The fraction of sp³-hybridized carbons (Fsp3) is 0.533. The van der Waals surface area contributed by atoms with Crippen LogP contribution in [0.2, 0.25) is 0 Å². The fourth-order valence-electron chi connectivity index (χ4n) is 2.66. The van der Waals surface area contributed by atoms with E-state index in [1.165, 1.54) is 0 Å². The summed E-state index contributed by atoms with van der Waals surface area (Å²) < 4.78 is 0. The van der Waals surface area contributed by atoms with E-state index in [1.54, 1.807) is 13.8 Å². The maximum atomic E-state index is 12.3. The summed E-state index contributed by atoms with van der Waals surface area (Å²) in [7, 11) is 0. The van der Waals surface area contributed by atoms with Crippen LogP contribution < -0.4 is 10.6 Å². The van der Waals surface area contributed by atoms with Gasteiger partial charge in [0.05, 0.1) is 0 Å². The highest BCUT2D eigenvalue weighted by Crippen LogP contribution is 2.26. The molecule has 1 aromatic heterocycles. The van der Waals surface area contributed by atoms with Gasteiger partial charge in [-0.1, -0.05) is 0 Å². The minimum absolute atomic E-state index is 0.0841. The second-order valence-corrected chi connectivity index (χ2v) is 5.35. The van der Waals surface area contributed by atoms with Crippen LogP contribution in [0.5, 0.6) is 0 Å². The lowest BCUT2D eigenvalue weighted by atomic mass is 9.94. The van der Waals surface area contributed by atoms with Crippen LogP contribution in [0.15, 0.2) is 0 Å². The summed E-state index contributed by atoms with van der Waals surface area (Å²) in [6.45, 7) is 5.74. The molecule has 0 aliphatic heterocycles. The standard InChI is InChI=1S/C15H21N3O3/c1-4-16-14(20)9(3)17-15(21)13-8(2)12-10(18-13)6-5-7-11(12)19/h9,18H,4-7H2,1-3H3,(H,16,20)(H,17,21). The smallest absolute Gasteiger partial charge is 0.268 e. The zero-order valence-electron chi connectivity index (χ0n) is 12.6. The molecule has 3 N–H and O–H groups in total. The molecule has 1 aliphatic carbocycles. The van der Waals surface area contributed by atoms with Gasteiger partial charge >= 0.3 is 0 Å². The number of rotatable bonds is 4. The number of fused-ring (bicyclic) bond motifs is 1. The van der Waals surface area contributed by atoms with E-state index >= 15 is 0 Å². The van der Waals surface area contributed by atoms with Gasteiger partial charge in [-0.3, -0.25) is 14.4 Å². The van der Waals surface area contributed by atoms with Crippen molar-refractivity contribution < 1.29 is 14.4 Å². The number of hydrogen-bond acceptors (Lipinski definition) is 3. The molecule has 0 radical (unpaired) electrons. The van der Waals surface area contributed by atoms with Crippen LogP contribution in [0, 0.1) is 6.92 Å². The molecule has 2 rings (SSSR count). The van der Waals surface area contributed by atoms with Crippen LogP contribution >= 0.6 is 0 Å². The van der Waals surface area contributed by atoms with E-state index in [2.05, 4.69) is 15.6 Å². The summed E-state index contributed by atoms with van der Waals surface area (Å²) in [6.07, 6.45) is 2.12. The molecule has 1 aromatic rings. The Morgan fingerprint density at radius 2 is 2.05 bits per heavy atom. The number of carbonyl (C=O) groups excluding carboxylic acids is 3. The van der Waals surface area contributed by atoms with Gasteiger partial charge in [-0.05, 0) is 39.2 Å². The van der Waals surface area contributed by atoms with Gasteiger partial charge in [-0.2, -0.15) is 0 Å². The highest BCUT2D eigenvalue weighted by molar-refractivity contribution is 6.05. The van der Waals surface area contributed by atoms with E-state index in [1.807, 2.05) is 6.92 Å². The van der Waals surface area contributed by atoms with Gasteiger partial charge in [0, 0.05) is 24.2 Å². The predicted octanol–water partition coefficient (Wildman–Crippen LogP) is 1.10.